The number of hydrogen-bond acceptors (Lipinski definition) is 14. The number of ether oxygens (including phenoxy) is 8. The largest absolute Gasteiger partial charge is 0.496 e. The molecule has 16 unspecified atom stereocenters. The van der Waals surface area contributed by atoms with Crippen LogP contribution in [0.15, 0.2) is 162 Å². The molecule has 8 saturated carbocycles. The Bertz CT molecular complexity index is 4670. The topological polar surface area (TPSA) is 161 Å². The third-order valence-electron chi connectivity index (χ3n) is 30.8. The lowest BCUT2D eigenvalue weighted by Gasteiger charge is -2.49. The third-order valence-corrected chi connectivity index (χ3v) is 41.6. The van der Waals surface area contributed by atoms with E-state index in [0.717, 1.165) is 12.1 Å². The molecule has 16 atom stereocenters. The molecule has 16 aliphatic rings. The van der Waals surface area contributed by atoms with Crippen LogP contribution in [-0.4, -0.2) is 154 Å². The lowest BCUT2D eigenvalue weighted by molar-refractivity contribution is -0.324. The molecule has 12 fully saturated rings. The number of halogens is 28. The van der Waals surface area contributed by atoms with Crippen molar-refractivity contribution in [3.63, 3.8) is 0 Å². The Kier molecular flexibility index (Phi) is 21.1. The summed E-state index contributed by atoms with van der Waals surface area (Å²) in [6.45, 7) is -4.48. The fourth-order valence-corrected chi connectivity index (χ4v) is 35.0. The van der Waals surface area contributed by atoms with E-state index in [-0.39, 0.29) is 151 Å². The Morgan fingerprint density at radius 1 is 0.305 bits per heavy atom. The molecular weight excluding hydrogens is 1870 g/mol. The van der Waals surface area contributed by atoms with Crippen molar-refractivity contribution in [2.45, 2.75) is 197 Å². The van der Waals surface area contributed by atoms with Gasteiger partial charge in [-0.2, -0.15) is 140 Å². The fraction of sp³-hybridized carbons (Fsp3) is 0.659. The lowest BCUT2D eigenvalue weighted by Crippen LogP contribution is -2.54. The minimum Gasteiger partial charge on any atom is -0.496 e. The van der Waals surface area contributed by atoms with Crippen molar-refractivity contribution in [1.29, 1.82) is 0 Å². The van der Waals surface area contributed by atoms with E-state index in [0.29, 0.717) is 48.5 Å². The van der Waals surface area contributed by atoms with E-state index in [1.807, 2.05) is 0 Å². The summed E-state index contributed by atoms with van der Waals surface area (Å²) in [5, 5.41) is -16.1. The standard InChI is InChI=1S/C82H78F28O14S4/c83-73(84,85)69(74(86,87)88)23-15-57(53(31-69)119-39-65-19-11-43(27-65)49-35-115-61(49)65)125(47-7-3-1-4-8-47,58-16-24-70(75(89,90)91,76(92,93)94)32-54(58)120-40-66-20-12-44(28-66)50-36-116-62(50)66)123-127(111,112)81(107,108)82(109,110)128(113,114)124-126(48-9-5-2-6-10-48,59-17-25-71(77(95,96)97,78(98,99)100)33-55(59)121-41-67-21-13-45(29-67)51-37-117-63(51)67)60-18-26-72(79(101,102)103,80(104,105)106)34-56(60)122-42-68-22-14-46(30-68)52-38-118-64(52)68/h1-10,15-18,23-26,43-46,49-52,61-64H,11-14,19-22,27-42H2. The second kappa shape index (κ2) is 29.2. The van der Waals surface area contributed by atoms with E-state index in [1.54, 1.807) is 0 Å². The molecule has 18 rings (SSSR count). The van der Waals surface area contributed by atoms with Gasteiger partial charge in [0, 0.05) is 80.8 Å². The van der Waals surface area contributed by atoms with Gasteiger partial charge >= 0.3 is 80.2 Å². The Morgan fingerprint density at radius 3 is 0.680 bits per heavy atom. The highest BCUT2D eigenvalue weighted by molar-refractivity contribution is 8.39. The minimum absolute atomic E-state index is 0.0175. The maximum Gasteiger partial charge on any atom is 0.450 e. The van der Waals surface area contributed by atoms with Crippen molar-refractivity contribution in [2.75, 3.05) is 52.9 Å². The molecule has 0 aromatic heterocycles. The van der Waals surface area contributed by atoms with Crippen molar-refractivity contribution >= 4 is 40.9 Å². The van der Waals surface area contributed by atoms with Crippen molar-refractivity contribution in [1.82, 2.24) is 0 Å². The molecule has 12 aliphatic carbocycles. The number of rotatable bonds is 25. The summed E-state index contributed by atoms with van der Waals surface area (Å²) >= 11 is 0. The van der Waals surface area contributed by atoms with Crippen LogP contribution in [0.2, 0.25) is 0 Å². The van der Waals surface area contributed by atoms with Gasteiger partial charge in [0.25, 0.3) is 0 Å². The van der Waals surface area contributed by atoms with Gasteiger partial charge in [0.1, 0.15) is 23.0 Å². The van der Waals surface area contributed by atoms with Gasteiger partial charge in [-0.05, 0) is 170 Å². The van der Waals surface area contributed by atoms with Gasteiger partial charge in [-0.3, -0.25) is 0 Å². The first-order chi connectivity index (χ1) is 59.2. The maximum atomic E-state index is 19.2. The van der Waals surface area contributed by atoms with Crippen molar-refractivity contribution in [3.05, 3.63) is 152 Å². The lowest BCUT2D eigenvalue weighted by atomic mass is 9.75. The quantitative estimate of drug-likeness (QED) is 0.0864. The molecule has 2 aromatic carbocycles. The third kappa shape index (κ3) is 13.0. The first-order valence-electron chi connectivity index (χ1n) is 40.8. The number of alkyl halides is 28. The van der Waals surface area contributed by atoms with Gasteiger partial charge in [0.15, 0.2) is 21.7 Å². The SMILES string of the molecule is O=S(=O)(OS(C1=C(OCC23CCC(C2)C2COC23)CC(C(F)(F)F)(C(F)(F)F)C=C1)(C1=C(OCC23CCC(C2)C2COC23)CC(C(F)(F)F)(C(F)(F)F)C=C1)c1ccccc1)C(F)(F)C(F)(F)S(=O)(=O)OS(C1=C(OCC23CCC(C2)C2COC23)CC(C(F)(F)F)(C(F)(F)F)C=C1)(C1=C(OCC23CCC(C2)C2COC23)CC(C(F)(F)F)(C(F)(F)F)C=C1)c1ccccc1. The second-order valence-corrected chi connectivity index (χ2v) is 46.0. The molecule has 0 spiro atoms. The fourth-order valence-electron chi connectivity index (χ4n) is 23.7. The van der Waals surface area contributed by atoms with Crippen LogP contribution in [0.4, 0.5) is 123 Å². The first-order valence-corrected chi connectivity index (χ1v) is 46.8. The monoisotopic (exact) mass is 1950 g/mol. The van der Waals surface area contributed by atoms with E-state index >= 15 is 140 Å². The summed E-state index contributed by atoms with van der Waals surface area (Å²) in [5.41, 5.74) is -27.4. The normalized spacial score (nSPS) is 35.8. The van der Waals surface area contributed by atoms with Crippen molar-refractivity contribution in [2.24, 2.45) is 90.7 Å². The molecule has 0 amide bonds. The zero-order chi connectivity index (χ0) is 92.5. The van der Waals surface area contributed by atoms with Crippen LogP contribution >= 0.6 is 20.6 Å². The molecule has 0 N–H and O–H groups in total. The van der Waals surface area contributed by atoms with Gasteiger partial charge in [-0.15, -0.1) is 0 Å². The van der Waals surface area contributed by atoms with Gasteiger partial charge in [-0.25, -0.2) is 7.26 Å². The number of allylic oxidation sites excluding steroid dienone is 12. The summed E-state index contributed by atoms with van der Waals surface area (Å²) < 4.78 is 583. The highest BCUT2D eigenvalue weighted by Gasteiger charge is 2.81. The Labute approximate surface area is 714 Å². The molecule has 0 radical (unpaired) electrons. The van der Waals surface area contributed by atoms with Crippen LogP contribution in [0.5, 0.6) is 0 Å². The average Bonchev–Trinajstić information content (AvgIpc) is 1.19. The molecule has 4 aliphatic heterocycles. The average molecular weight is 1950 g/mol. The van der Waals surface area contributed by atoms with Gasteiger partial charge < -0.3 is 37.9 Å². The smallest absolute Gasteiger partial charge is 0.450 e. The number of hydrogen-bond donors (Lipinski definition) is 0. The van der Waals surface area contributed by atoms with E-state index in [2.05, 4.69) is 0 Å². The molecule has 46 heteroatoms. The van der Waals surface area contributed by atoms with Gasteiger partial charge in [0.05, 0.1) is 96.9 Å². The number of fused-ring (bicyclic) bond motifs is 20. The molecule has 2 aromatic rings. The van der Waals surface area contributed by atoms with E-state index in [1.165, 1.54) is 0 Å². The Hall–Kier alpha value is -6.04. The second-order valence-electron chi connectivity index (χ2n) is 37.2. The van der Waals surface area contributed by atoms with Crippen LogP contribution in [0.1, 0.15) is 103 Å². The Balaban J connectivity index is 0.871. The predicted octanol–water partition coefficient (Wildman–Crippen LogP) is 22.9. The van der Waals surface area contributed by atoms with Crippen molar-refractivity contribution < 1.29 is 185 Å². The molecule has 14 nitrogen and oxygen atoms in total. The summed E-state index contributed by atoms with van der Waals surface area (Å²) in [5.74, 6) is -10.5. The highest BCUT2D eigenvalue weighted by Crippen LogP contribution is 2.81. The number of benzene rings is 2. The molecule has 128 heavy (non-hydrogen) atoms. The van der Waals surface area contributed by atoms with E-state index in [4.69, 9.17) is 45.2 Å². The molecule has 710 valence electrons. The summed E-state index contributed by atoms with van der Waals surface area (Å²) in [6, 6.07) is 6.32. The molecule has 8 bridgehead atoms. The van der Waals surface area contributed by atoms with Gasteiger partial charge in [0.2, 0.25) is 0 Å². The van der Waals surface area contributed by atoms with Gasteiger partial charge in [-0.1, -0.05) is 60.7 Å². The van der Waals surface area contributed by atoms with E-state index < -0.39 is 322 Å². The zero-order valence-corrected chi connectivity index (χ0v) is 69.5. The summed E-state index contributed by atoms with van der Waals surface area (Å²) in [7, 11) is -30.7. The minimum atomic E-state index is -8.86. The summed E-state index contributed by atoms with van der Waals surface area (Å²) in [4.78, 5) is -10.2. The van der Waals surface area contributed by atoms with Crippen LogP contribution in [0.3, 0.4) is 0 Å². The van der Waals surface area contributed by atoms with Crippen LogP contribution in [0.25, 0.3) is 0 Å². The summed E-state index contributed by atoms with van der Waals surface area (Å²) in [6.07, 6.45) is -72.4. The molecule has 4 heterocycles. The first kappa shape index (κ1) is 92.4. The maximum absolute atomic E-state index is 19.2. The Morgan fingerprint density at radius 2 is 0.508 bits per heavy atom. The molecule has 4 saturated heterocycles. The van der Waals surface area contributed by atoms with Crippen LogP contribution in [0, 0.1) is 90.7 Å². The van der Waals surface area contributed by atoms with E-state index in [9.17, 15) is 0 Å². The van der Waals surface area contributed by atoms with Crippen molar-refractivity contribution in [3.8, 4) is 0 Å². The highest BCUT2D eigenvalue weighted by atomic mass is 32.3. The van der Waals surface area contributed by atoms with Crippen LogP contribution < -0.4 is 0 Å². The molecular formula is C82H78F28O14S4. The van der Waals surface area contributed by atoms with Crippen LogP contribution in [-0.2, 0) is 65.4 Å². The predicted molar refractivity (Wildman–Crippen MR) is 392 cm³/mol. The zero-order valence-electron chi connectivity index (χ0n) is 66.2.